The average molecular weight is 223 g/mol. The SMILES string of the molecule is CC(C)Oc1ccc([C@](C)([NH3+])C(=O)[O-])cc1. The Bertz CT molecular complexity index is 368. The molecule has 0 aliphatic heterocycles. The highest BCUT2D eigenvalue weighted by molar-refractivity contribution is 5.76. The van der Waals surface area contributed by atoms with Gasteiger partial charge < -0.3 is 20.4 Å². The van der Waals surface area contributed by atoms with Crippen molar-refractivity contribution in [1.29, 1.82) is 0 Å². The summed E-state index contributed by atoms with van der Waals surface area (Å²) in [5.41, 5.74) is 3.00. The Morgan fingerprint density at radius 3 is 2.25 bits per heavy atom. The smallest absolute Gasteiger partial charge is 0.157 e. The molecule has 0 aromatic heterocycles. The Labute approximate surface area is 95.0 Å². The van der Waals surface area contributed by atoms with Crippen molar-refractivity contribution in [3.05, 3.63) is 29.8 Å². The van der Waals surface area contributed by atoms with Crippen molar-refractivity contribution >= 4 is 5.97 Å². The Morgan fingerprint density at radius 2 is 1.88 bits per heavy atom. The van der Waals surface area contributed by atoms with Crippen LogP contribution in [0, 0.1) is 0 Å². The van der Waals surface area contributed by atoms with Gasteiger partial charge in [0.05, 0.1) is 6.10 Å². The molecule has 1 aromatic rings. The number of hydrogen-bond donors (Lipinski definition) is 1. The van der Waals surface area contributed by atoms with Crippen molar-refractivity contribution in [2.45, 2.75) is 32.4 Å². The van der Waals surface area contributed by atoms with E-state index >= 15 is 0 Å². The number of hydrogen-bond acceptors (Lipinski definition) is 3. The molecule has 3 N–H and O–H groups in total. The molecule has 1 rings (SSSR count). The summed E-state index contributed by atoms with van der Waals surface area (Å²) in [6, 6.07) is 6.87. The topological polar surface area (TPSA) is 77.0 Å². The molecule has 4 heteroatoms. The molecular weight excluding hydrogens is 206 g/mol. The number of benzene rings is 1. The van der Waals surface area contributed by atoms with Gasteiger partial charge in [-0.05, 0) is 38.1 Å². The first kappa shape index (κ1) is 12.5. The largest absolute Gasteiger partial charge is 0.543 e. The van der Waals surface area contributed by atoms with Gasteiger partial charge >= 0.3 is 0 Å². The zero-order valence-electron chi connectivity index (χ0n) is 9.82. The molecule has 0 saturated heterocycles. The van der Waals surface area contributed by atoms with Crippen molar-refractivity contribution in [2.75, 3.05) is 0 Å². The molecule has 0 spiro atoms. The minimum absolute atomic E-state index is 0.0955. The number of carboxylic acid groups (broad SMARTS) is 1. The van der Waals surface area contributed by atoms with Gasteiger partial charge in [0.15, 0.2) is 5.54 Å². The molecule has 1 atom stereocenters. The highest BCUT2D eigenvalue weighted by Gasteiger charge is 2.27. The van der Waals surface area contributed by atoms with Crippen LogP contribution in [0.25, 0.3) is 0 Å². The van der Waals surface area contributed by atoms with Gasteiger partial charge in [-0.15, -0.1) is 0 Å². The van der Waals surface area contributed by atoms with Crippen molar-refractivity contribution in [1.82, 2.24) is 0 Å². The molecular formula is C12H17NO3. The fourth-order valence-corrected chi connectivity index (χ4v) is 1.29. The molecule has 0 radical (unpaired) electrons. The number of rotatable bonds is 4. The van der Waals surface area contributed by atoms with Gasteiger partial charge in [-0.3, -0.25) is 0 Å². The van der Waals surface area contributed by atoms with Crippen molar-refractivity contribution in [3.8, 4) is 5.75 Å². The van der Waals surface area contributed by atoms with Gasteiger partial charge in [0.1, 0.15) is 11.7 Å². The van der Waals surface area contributed by atoms with Crippen LogP contribution in [0.5, 0.6) is 5.75 Å². The number of ether oxygens (including phenoxy) is 1. The molecule has 0 aliphatic carbocycles. The number of carboxylic acids is 1. The van der Waals surface area contributed by atoms with Gasteiger partial charge in [0, 0.05) is 12.5 Å². The van der Waals surface area contributed by atoms with Crippen LogP contribution in [0.1, 0.15) is 26.3 Å². The van der Waals surface area contributed by atoms with Gasteiger partial charge in [-0.25, -0.2) is 0 Å². The van der Waals surface area contributed by atoms with Crippen LogP contribution >= 0.6 is 0 Å². The number of carbonyl (C=O) groups excluding carboxylic acids is 1. The van der Waals surface area contributed by atoms with E-state index < -0.39 is 11.5 Å². The summed E-state index contributed by atoms with van der Waals surface area (Å²) in [5.74, 6) is -0.474. The maximum absolute atomic E-state index is 10.9. The first-order valence-electron chi connectivity index (χ1n) is 5.18. The monoisotopic (exact) mass is 223 g/mol. The van der Waals surface area contributed by atoms with Gasteiger partial charge in [-0.2, -0.15) is 0 Å². The van der Waals surface area contributed by atoms with E-state index in [9.17, 15) is 9.90 Å². The van der Waals surface area contributed by atoms with E-state index in [4.69, 9.17) is 4.74 Å². The Morgan fingerprint density at radius 1 is 1.38 bits per heavy atom. The van der Waals surface area contributed by atoms with E-state index in [1.54, 1.807) is 24.3 Å². The lowest BCUT2D eigenvalue weighted by Crippen LogP contribution is -2.75. The van der Waals surface area contributed by atoms with E-state index in [1.165, 1.54) is 6.92 Å². The standard InChI is InChI=1S/C12H17NO3/c1-8(2)16-10-6-4-9(5-7-10)12(3,13)11(14)15/h4-8H,13H2,1-3H3,(H,14,15)/t12-/m0/s1. The molecule has 0 bridgehead atoms. The molecule has 16 heavy (non-hydrogen) atoms. The van der Waals surface area contributed by atoms with Crippen molar-refractivity contribution in [2.24, 2.45) is 0 Å². The predicted molar refractivity (Wildman–Crippen MR) is 57.5 cm³/mol. The molecule has 0 unspecified atom stereocenters. The lowest BCUT2D eigenvalue weighted by Gasteiger charge is -2.22. The minimum atomic E-state index is -1.23. The van der Waals surface area contributed by atoms with Crippen LogP contribution in [0.4, 0.5) is 0 Å². The fourth-order valence-electron chi connectivity index (χ4n) is 1.29. The summed E-state index contributed by atoms with van der Waals surface area (Å²) in [6.07, 6.45) is 0.0955. The normalized spacial score (nSPS) is 14.6. The second-order valence-corrected chi connectivity index (χ2v) is 4.31. The number of aliphatic carboxylic acids is 1. The fraction of sp³-hybridized carbons (Fsp3) is 0.417. The third-order valence-electron chi connectivity index (χ3n) is 2.31. The summed E-state index contributed by atoms with van der Waals surface area (Å²) in [4.78, 5) is 10.9. The van der Waals surface area contributed by atoms with Crippen LogP contribution in [0.15, 0.2) is 24.3 Å². The molecule has 0 aliphatic rings. The second kappa shape index (κ2) is 4.53. The van der Waals surface area contributed by atoms with E-state index in [0.717, 1.165) is 0 Å². The Kier molecular flexibility index (Phi) is 3.55. The quantitative estimate of drug-likeness (QED) is 0.760. The Balaban J connectivity index is 2.91. The van der Waals surface area contributed by atoms with Crippen LogP contribution in [0.2, 0.25) is 0 Å². The predicted octanol–water partition coefficient (Wildman–Crippen LogP) is -0.319. The summed E-state index contributed by atoms with van der Waals surface area (Å²) in [7, 11) is 0. The molecule has 0 heterocycles. The first-order valence-corrected chi connectivity index (χ1v) is 5.18. The zero-order valence-corrected chi connectivity index (χ0v) is 9.82. The average Bonchev–Trinajstić information content (AvgIpc) is 2.17. The summed E-state index contributed by atoms with van der Waals surface area (Å²) in [6.45, 7) is 5.38. The number of carbonyl (C=O) groups is 1. The molecule has 0 amide bonds. The van der Waals surface area contributed by atoms with E-state index in [-0.39, 0.29) is 6.10 Å². The third-order valence-corrected chi connectivity index (χ3v) is 2.31. The first-order chi connectivity index (χ1) is 7.34. The van der Waals surface area contributed by atoms with E-state index in [0.29, 0.717) is 11.3 Å². The molecule has 1 aromatic carbocycles. The molecule has 0 fully saturated rings. The molecule has 0 saturated carbocycles. The highest BCUT2D eigenvalue weighted by atomic mass is 16.5. The second-order valence-electron chi connectivity index (χ2n) is 4.31. The lowest BCUT2D eigenvalue weighted by atomic mass is 9.93. The summed E-state index contributed by atoms with van der Waals surface area (Å²) < 4.78 is 5.46. The van der Waals surface area contributed by atoms with Crippen LogP contribution in [0.3, 0.4) is 0 Å². The summed E-state index contributed by atoms with van der Waals surface area (Å²) >= 11 is 0. The van der Waals surface area contributed by atoms with Gasteiger partial charge in [-0.1, -0.05) is 0 Å². The third kappa shape index (κ3) is 2.73. The van der Waals surface area contributed by atoms with Crippen LogP contribution in [-0.4, -0.2) is 12.1 Å². The highest BCUT2D eigenvalue weighted by Crippen LogP contribution is 2.19. The molecule has 88 valence electrons. The van der Waals surface area contributed by atoms with Crippen molar-refractivity contribution in [3.63, 3.8) is 0 Å². The van der Waals surface area contributed by atoms with Crippen molar-refractivity contribution < 1.29 is 20.4 Å². The Hall–Kier alpha value is -1.55. The lowest BCUT2D eigenvalue weighted by molar-refractivity contribution is -0.489. The van der Waals surface area contributed by atoms with Gasteiger partial charge in [0.25, 0.3) is 0 Å². The summed E-state index contributed by atoms with van der Waals surface area (Å²) in [5, 5.41) is 10.9. The molecule has 4 nitrogen and oxygen atoms in total. The zero-order chi connectivity index (χ0) is 12.3. The van der Waals surface area contributed by atoms with Crippen LogP contribution in [-0.2, 0) is 10.3 Å². The maximum atomic E-state index is 10.9. The van der Waals surface area contributed by atoms with E-state index in [2.05, 4.69) is 5.73 Å². The minimum Gasteiger partial charge on any atom is -0.543 e. The maximum Gasteiger partial charge on any atom is 0.157 e. The van der Waals surface area contributed by atoms with Gasteiger partial charge in [0.2, 0.25) is 0 Å². The van der Waals surface area contributed by atoms with Crippen LogP contribution < -0.4 is 15.6 Å². The van der Waals surface area contributed by atoms with E-state index in [1.807, 2.05) is 13.8 Å². The number of quaternary nitrogens is 1.